The zero-order valence-corrected chi connectivity index (χ0v) is 14.1. The van der Waals surface area contributed by atoms with Crippen molar-refractivity contribution in [2.45, 2.75) is 37.9 Å². The van der Waals surface area contributed by atoms with Crippen LogP contribution in [-0.2, 0) is 14.3 Å². The predicted molar refractivity (Wildman–Crippen MR) is 89.9 cm³/mol. The van der Waals surface area contributed by atoms with Crippen LogP contribution in [0.15, 0.2) is 30.5 Å². The van der Waals surface area contributed by atoms with Gasteiger partial charge in [0.1, 0.15) is 5.92 Å². The van der Waals surface area contributed by atoms with Gasteiger partial charge in [-0.1, -0.05) is 6.07 Å². The minimum absolute atomic E-state index is 0.0318. The fourth-order valence-corrected chi connectivity index (χ4v) is 5.69. The first-order valence-corrected chi connectivity index (χ1v) is 9.21. The van der Waals surface area contributed by atoms with E-state index in [0.29, 0.717) is 0 Å². The van der Waals surface area contributed by atoms with E-state index in [-0.39, 0.29) is 35.6 Å². The van der Waals surface area contributed by atoms with Crippen LogP contribution in [0.3, 0.4) is 0 Å². The highest BCUT2D eigenvalue weighted by Gasteiger charge is 2.63. The lowest BCUT2D eigenvalue weighted by molar-refractivity contribution is -0.127. The Hall–Kier alpha value is -1.85. The molecule has 3 aliphatic rings. The number of thiophene rings is 1. The number of pyridine rings is 1. The number of rotatable bonds is 2. The van der Waals surface area contributed by atoms with Crippen molar-refractivity contribution in [1.29, 1.82) is 0 Å². The summed E-state index contributed by atoms with van der Waals surface area (Å²) >= 11 is 1.61. The van der Waals surface area contributed by atoms with Crippen molar-refractivity contribution < 1.29 is 14.3 Å². The normalized spacial score (nSPS) is 34.1. The number of hydrogen-bond donors (Lipinski definition) is 0. The van der Waals surface area contributed by atoms with Gasteiger partial charge in [0, 0.05) is 11.1 Å². The van der Waals surface area contributed by atoms with Crippen LogP contribution in [-0.4, -0.2) is 28.8 Å². The maximum Gasteiger partial charge on any atom is 0.154 e. The predicted octanol–water partition coefficient (Wildman–Crippen LogP) is 3.15. The summed E-state index contributed by atoms with van der Waals surface area (Å²) in [6.45, 7) is 1.99. The van der Waals surface area contributed by atoms with Crippen LogP contribution < -0.4 is 0 Å². The van der Waals surface area contributed by atoms with Gasteiger partial charge in [0.15, 0.2) is 11.6 Å². The van der Waals surface area contributed by atoms with Crippen LogP contribution in [0.4, 0.5) is 0 Å². The van der Waals surface area contributed by atoms with E-state index in [2.05, 4.69) is 4.98 Å². The van der Waals surface area contributed by atoms with E-state index in [9.17, 15) is 9.59 Å². The van der Waals surface area contributed by atoms with E-state index in [0.717, 1.165) is 33.9 Å². The second kappa shape index (κ2) is 5.07. The fourth-order valence-electron chi connectivity index (χ4n) is 4.65. The summed E-state index contributed by atoms with van der Waals surface area (Å²) in [7, 11) is 0. The Labute approximate surface area is 143 Å². The molecule has 0 radical (unpaired) electrons. The number of carbonyl (C=O) groups is 2. The Kier molecular flexibility index (Phi) is 3.06. The molecular formula is C19H17NO3S. The van der Waals surface area contributed by atoms with Gasteiger partial charge >= 0.3 is 0 Å². The van der Waals surface area contributed by atoms with E-state index in [1.54, 1.807) is 17.5 Å². The maximum absolute atomic E-state index is 13.0. The molecule has 2 bridgehead atoms. The third-order valence-corrected chi connectivity index (χ3v) is 6.77. The average Bonchev–Trinajstić information content (AvgIpc) is 3.33. The zero-order chi connectivity index (χ0) is 16.4. The molecule has 3 fully saturated rings. The van der Waals surface area contributed by atoms with Crippen molar-refractivity contribution in [3.63, 3.8) is 0 Å². The molecule has 122 valence electrons. The van der Waals surface area contributed by atoms with Crippen LogP contribution in [0.2, 0.25) is 0 Å². The third-order valence-electron chi connectivity index (χ3n) is 5.68. The summed E-state index contributed by atoms with van der Waals surface area (Å²) in [5, 5.41) is 0. The van der Waals surface area contributed by atoms with Gasteiger partial charge in [0.05, 0.1) is 34.6 Å². The Bertz CT molecular complexity index is 816. The lowest BCUT2D eigenvalue weighted by atomic mass is 9.81. The van der Waals surface area contributed by atoms with E-state index >= 15 is 0 Å². The number of fused-ring (bicyclic) bond motifs is 5. The van der Waals surface area contributed by atoms with Gasteiger partial charge in [-0.2, -0.15) is 0 Å². The van der Waals surface area contributed by atoms with Gasteiger partial charge in [-0.3, -0.25) is 14.6 Å². The molecule has 2 saturated heterocycles. The van der Waals surface area contributed by atoms with Crippen LogP contribution in [0.5, 0.6) is 0 Å². The summed E-state index contributed by atoms with van der Waals surface area (Å²) in [4.78, 5) is 32.4. The van der Waals surface area contributed by atoms with Crippen molar-refractivity contribution in [2.24, 2.45) is 11.8 Å². The molecule has 2 aliphatic heterocycles. The number of Topliss-reactive ketones (excluding diaryl/α,β-unsaturated/α-hetero) is 2. The molecular weight excluding hydrogens is 322 g/mol. The van der Waals surface area contributed by atoms with Crippen molar-refractivity contribution in [3.05, 3.63) is 40.9 Å². The standard InChI is InChI=1S/C19H17NO3S/c1-9-10(8-14(24-9)11-4-2-3-7-20-11)15-18(21)16-12-5-6-13(23-12)17(16)19(15)22/h2-4,7-8,12-13,15-17H,5-6H2,1H3/t12?,13?,15?,16-,17+. The molecule has 3 unspecified atom stereocenters. The van der Waals surface area contributed by atoms with Crippen LogP contribution in [0.25, 0.3) is 10.6 Å². The van der Waals surface area contributed by atoms with Gasteiger partial charge in [-0.15, -0.1) is 11.3 Å². The minimum Gasteiger partial charge on any atom is -0.373 e. The molecule has 0 amide bonds. The van der Waals surface area contributed by atoms with Gasteiger partial charge in [-0.25, -0.2) is 0 Å². The Balaban J connectivity index is 1.54. The first-order chi connectivity index (χ1) is 11.6. The number of ketones is 2. The summed E-state index contributed by atoms with van der Waals surface area (Å²) in [5.41, 5.74) is 1.77. The number of aromatic nitrogens is 1. The molecule has 1 aliphatic carbocycles. The number of nitrogens with zero attached hydrogens (tertiary/aromatic N) is 1. The Morgan fingerprint density at radius 1 is 1.12 bits per heavy atom. The number of carbonyl (C=O) groups excluding carboxylic acids is 2. The smallest absolute Gasteiger partial charge is 0.154 e. The number of ether oxygens (including phenoxy) is 1. The second-order valence-electron chi connectivity index (χ2n) is 6.92. The molecule has 2 aromatic heterocycles. The Morgan fingerprint density at radius 3 is 2.46 bits per heavy atom. The van der Waals surface area contributed by atoms with Gasteiger partial charge < -0.3 is 4.74 Å². The van der Waals surface area contributed by atoms with Crippen molar-refractivity contribution in [2.75, 3.05) is 0 Å². The van der Waals surface area contributed by atoms with Crippen LogP contribution in [0, 0.1) is 18.8 Å². The van der Waals surface area contributed by atoms with Crippen molar-refractivity contribution in [3.8, 4) is 10.6 Å². The van der Waals surface area contributed by atoms with Gasteiger partial charge in [0.2, 0.25) is 0 Å². The van der Waals surface area contributed by atoms with E-state index in [1.165, 1.54) is 0 Å². The van der Waals surface area contributed by atoms with Gasteiger partial charge in [-0.05, 0) is 43.5 Å². The molecule has 0 aromatic carbocycles. The SMILES string of the molecule is Cc1sc(-c2ccccn2)cc1C1C(=O)[C@@H]2C3CCC(O3)[C@@H]2C1=O. The monoisotopic (exact) mass is 339 g/mol. The lowest BCUT2D eigenvalue weighted by Gasteiger charge is -2.16. The van der Waals surface area contributed by atoms with E-state index in [1.807, 2.05) is 31.2 Å². The first-order valence-electron chi connectivity index (χ1n) is 8.40. The molecule has 24 heavy (non-hydrogen) atoms. The van der Waals surface area contributed by atoms with Crippen LogP contribution in [0.1, 0.15) is 29.2 Å². The summed E-state index contributed by atoms with van der Waals surface area (Å²) in [5.74, 6) is -0.866. The van der Waals surface area contributed by atoms with Crippen molar-refractivity contribution >= 4 is 22.9 Å². The summed E-state index contributed by atoms with van der Waals surface area (Å²) < 4.78 is 5.82. The topological polar surface area (TPSA) is 56.3 Å². The molecule has 2 aromatic rings. The molecule has 1 saturated carbocycles. The highest BCUT2D eigenvalue weighted by Crippen LogP contribution is 2.53. The van der Waals surface area contributed by atoms with Crippen molar-refractivity contribution in [1.82, 2.24) is 4.98 Å². The van der Waals surface area contributed by atoms with E-state index < -0.39 is 5.92 Å². The number of hydrogen-bond acceptors (Lipinski definition) is 5. The largest absolute Gasteiger partial charge is 0.373 e. The fraction of sp³-hybridized carbons (Fsp3) is 0.421. The molecule has 5 rings (SSSR count). The summed E-state index contributed by atoms with van der Waals surface area (Å²) in [6.07, 6.45) is 3.53. The molecule has 0 N–H and O–H groups in total. The van der Waals surface area contributed by atoms with Gasteiger partial charge in [0.25, 0.3) is 0 Å². The highest BCUT2D eigenvalue weighted by atomic mass is 32.1. The second-order valence-corrected chi connectivity index (χ2v) is 8.17. The maximum atomic E-state index is 13.0. The first kappa shape index (κ1) is 14.5. The zero-order valence-electron chi connectivity index (χ0n) is 13.3. The molecule has 4 heterocycles. The number of aryl methyl sites for hydroxylation is 1. The molecule has 5 heteroatoms. The lowest BCUT2D eigenvalue weighted by Crippen LogP contribution is -2.29. The van der Waals surface area contributed by atoms with Crippen LogP contribution >= 0.6 is 11.3 Å². The van der Waals surface area contributed by atoms with E-state index in [4.69, 9.17) is 4.74 Å². The molecule has 4 nitrogen and oxygen atoms in total. The average molecular weight is 339 g/mol. The molecule has 5 atom stereocenters. The Morgan fingerprint density at radius 2 is 1.83 bits per heavy atom. The third kappa shape index (κ3) is 1.85. The highest BCUT2D eigenvalue weighted by molar-refractivity contribution is 7.15. The minimum atomic E-state index is -0.597. The molecule has 0 spiro atoms. The summed E-state index contributed by atoms with van der Waals surface area (Å²) in [6, 6.07) is 7.77. The quantitative estimate of drug-likeness (QED) is 0.789.